The van der Waals surface area contributed by atoms with Gasteiger partial charge in [0.25, 0.3) is 0 Å². The third-order valence-corrected chi connectivity index (χ3v) is 4.10. The fourth-order valence-electron chi connectivity index (χ4n) is 1.33. The molecule has 1 aliphatic heterocycles. The van der Waals surface area contributed by atoms with Gasteiger partial charge in [-0.3, -0.25) is 4.79 Å². The zero-order valence-corrected chi connectivity index (χ0v) is 10.2. The molecular weight excluding hydrogens is 232 g/mol. The van der Waals surface area contributed by atoms with E-state index >= 15 is 0 Å². The van der Waals surface area contributed by atoms with Gasteiger partial charge in [0.15, 0.2) is 9.84 Å². The van der Waals surface area contributed by atoms with Crippen LogP contribution in [0.15, 0.2) is 0 Å². The number of morpholine rings is 1. The molecule has 0 bridgehead atoms. The third kappa shape index (κ3) is 4.46. The van der Waals surface area contributed by atoms with Crippen LogP contribution in [-0.4, -0.2) is 58.2 Å². The van der Waals surface area contributed by atoms with Gasteiger partial charge in [-0.15, -0.1) is 0 Å². The van der Waals surface area contributed by atoms with Crippen molar-refractivity contribution in [1.29, 1.82) is 0 Å². The molecule has 0 aromatic carbocycles. The van der Waals surface area contributed by atoms with E-state index in [4.69, 9.17) is 4.74 Å². The minimum atomic E-state index is -3.01. The summed E-state index contributed by atoms with van der Waals surface area (Å²) in [5.41, 5.74) is 0. The highest BCUT2D eigenvalue weighted by Gasteiger charge is 2.20. The van der Waals surface area contributed by atoms with Crippen LogP contribution in [-0.2, 0) is 19.4 Å². The van der Waals surface area contributed by atoms with Crippen molar-refractivity contribution in [2.75, 3.05) is 37.8 Å². The molecule has 0 spiro atoms. The Labute approximate surface area is 95.7 Å². The van der Waals surface area contributed by atoms with Gasteiger partial charge in [0.05, 0.1) is 19.0 Å². The van der Waals surface area contributed by atoms with E-state index in [0.717, 1.165) is 0 Å². The number of nitrogens with one attached hydrogen (secondary N) is 2. The molecule has 1 aliphatic rings. The number of amides is 1. The topological polar surface area (TPSA) is 84.5 Å². The van der Waals surface area contributed by atoms with Crippen molar-refractivity contribution < 1.29 is 17.9 Å². The first-order chi connectivity index (χ1) is 7.55. The molecule has 1 heterocycles. The fraction of sp³-hybridized carbons (Fsp3) is 0.889. The van der Waals surface area contributed by atoms with Crippen LogP contribution in [0.5, 0.6) is 0 Å². The molecule has 7 heteroatoms. The van der Waals surface area contributed by atoms with Gasteiger partial charge in [-0.2, -0.15) is 0 Å². The van der Waals surface area contributed by atoms with E-state index < -0.39 is 9.84 Å². The van der Waals surface area contributed by atoms with Crippen molar-refractivity contribution in [3.8, 4) is 0 Å². The molecule has 1 fully saturated rings. The lowest BCUT2D eigenvalue weighted by atomic mass is 10.2. The van der Waals surface area contributed by atoms with Crippen molar-refractivity contribution in [3.63, 3.8) is 0 Å². The lowest BCUT2D eigenvalue weighted by molar-refractivity contribution is -0.125. The Hall–Kier alpha value is -0.660. The number of hydrogen-bond acceptors (Lipinski definition) is 5. The Morgan fingerprint density at radius 2 is 2.31 bits per heavy atom. The van der Waals surface area contributed by atoms with E-state index in [9.17, 15) is 13.2 Å². The molecule has 0 radical (unpaired) electrons. The van der Waals surface area contributed by atoms with E-state index in [1.807, 2.05) is 0 Å². The van der Waals surface area contributed by atoms with Crippen LogP contribution in [0.25, 0.3) is 0 Å². The predicted octanol–water partition coefficient (Wildman–Crippen LogP) is -1.47. The van der Waals surface area contributed by atoms with Crippen molar-refractivity contribution in [3.05, 3.63) is 0 Å². The summed E-state index contributed by atoms with van der Waals surface area (Å²) in [6.07, 6.45) is 0. The maximum Gasteiger partial charge on any atom is 0.239 e. The minimum Gasteiger partial charge on any atom is -0.378 e. The fourth-order valence-corrected chi connectivity index (χ4v) is 2.03. The molecule has 2 N–H and O–H groups in total. The van der Waals surface area contributed by atoms with Gasteiger partial charge in [-0.1, -0.05) is 6.92 Å². The second-order valence-corrected chi connectivity index (χ2v) is 6.08. The molecule has 16 heavy (non-hydrogen) atoms. The van der Waals surface area contributed by atoms with E-state index in [-0.39, 0.29) is 30.0 Å². The van der Waals surface area contributed by atoms with Crippen LogP contribution in [0.4, 0.5) is 0 Å². The SMILES string of the molecule is CCS(=O)(=O)CCNC(=O)C1COCCN1. The third-order valence-electron chi connectivity index (χ3n) is 2.39. The van der Waals surface area contributed by atoms with Crippen LogP contribution in [0, 0.1) is 0 Å². The molecular formula is C9H18N2O4S. The molecule has 1 amide bonds. The van der Waals surface area contributed by atoms with Gasteiger partial charge >= 0.3 is 0 Å². The number of carbonyl (C=O) groups excluding carboxylic acids is 1. The van der Waals surface area contributed by atoms with E-state index in [2.05, 4.69) is 10.6 Å². The van der Waals surface area contributed by atoms with Crippen LogP contribution in [0.2, 0.25) is 0 Å². The molecule has 6 nitrogen and oxygen atoms in total. The molecule has 1 atom stereocenters. The largest absolute Gasteiger partial charge is 0.378 e. The smallest absolute Gasteiger partial charge is 0.239 e. The molecule has 1 rings (SSSR count). The van der Waals surface area contributed by atoms with Crippen molar-refractivity contribution in [2.24, 2.45) is 0 Å². The monoisotopic (exact) mass is 250 g/mol. The molecule has 0 aromatic rings. The zero-order valence-electron chi connectivity index (χ0n) is 9.36. The highest BCUT2D eigenvalue weighted by Crippen LogP contribution is 1.93. The Bertz CT molecular complexity index is 322. The number of ether oxygens (including phenoxy) is 1. The second kappa shape index (κ2) is 6.17. The molecule has 0 aromatic heterocycles. The molecule has 0 saturated carbocycles. The standard InChI is InChI=1S/C9H18N2O4S/c1-2-16(13,14)6-4-11-9(12)8-7-15-5-3-10-8/h8,10H,2-7H2,1H3,(H,11,12). The van der Waals surface area contributed by atoms with Crippen molar-refractivity contribution >= 4 is 15.7 Å². The molecule has 0 aliphatic carbocycles. The van der Waals surface area contributed by atoms with E-state index in [0.29, 0.717) is 19.8 Å². The summed E-state index contributed by atoms with van der Waals surface area (Å²) in [7, 11) is -3.01. The number of hydrogen-bond donors (Lipinski definition) is 2. The second-order valence-electron chi connectivity index (χ2n) is 3.61. The summed E-state index contributed by atoms with van der Waals surface area (Å²) in [5, 5.41) is 5.58. The Morgan fingerprint density at radius 1 is 1.56 bits per heavy atom. The van der Waals surface area contributed by atoms with Crippen molar-refractivity contribution in [2.45, 2.75) is 13.0 Å². The summed E-state index contributed by atoms with van der Waals surface area (Å²) >= 11 is 0. The van der Waals surface area contributed by atoms with Crippen LogP contribution in [0.3, 0.4) is 0 Å². The van der Waals surface area contributed by atoms with Gasteiger partial charge in [-0.25, -0.2) is 8.42 Å². The quantitative estimate of drug-likeness (QED) is 0.622. The molecule has 1 saturated heterocycles. The first-order valence-electron chi connectivity index (χ1n) is 5.34. The van der Waals surface area contributed by atoms with Gasteiger partial charge < -0.3 is 15.4 Å². The minimum absolute atomic E-state index is 0.0111. The highest BCUT2D eigenvalue weighted by molar-refractivity contribution is 7.91. The highest BCUT2D eigenvalue weighted by atomic mass is 32.2. The lowest BCUT2D eigenvalue weighted by Gasteiger charge is -2.22. The average Bonchev–Trinajstić information content (AvgIpc) is 2.30. The zero-order chi connectivity index (χ0) is 12.0. The van der Waals surface area contributed by atoms with Gasteiger partial charge in [0, 0.05) is 18.8 Å². The normalized spacial score (nSPS) is 21.7. The van der Waals surface area contributed by atoms with Crippen molar-refractivity contribution in [1.82, 2.24) is 10.6 Å². The maximum atomic E-state index is 11.5. The summed E-state index contributed by atoms with van der Waals surface area (Å²) in [5.74, 6) is -0.109. The summed E-state index contributed by atoms with van der Waals surface area (Å²) < 4.78 is 27.5. The van der Waals surface area contributed by atoms with Gasteiger partial charge in [-0.05, 0) is 0 Å². The first-order valence-corrected chi connectivity index (χ1v) is 7.16. The summed E-state index contributed by atoms with van der Waals surface area (Å²) in [6.45, 7) is 3.34. The van der Waals surface area contributed by atoms with Crippen LogP contribution >= 0.6 is 0 Å². The van der Waals surface area contributed by atoms with Crippen LogP contribution < -0.4 is 10.6 Å². The number of rotatable bonds is 5. The van der Waals surface area contributed by atoms with Crippen LogP contribution in [0.1, 0.15) is 6.92 Å². The van der Waals surface area contributed by atoms with Gasteiger partial charge in [0.1, 0.15) is 6.04 Å². The summed E-state index contributed by atoms with van der Waals surface area (Å²) in [6, 6.07) is -0.363. The lowest BCUT2D eigenvalue weighted by Crippen LogP contribution is -2.51. The van der Waals surface area contributed by atoms with E-state index in [1.165, 1.54) is 0 Å². The van der Waals surface area contributed by atoms with Gasteiger partial charge in [0.2, 0.25) is 5.91 Å². The van der Waals surface area contributed by atoms with E-state index in [1.54, 1.807) is 6.92 Å². The number of carbonyl (C=O) groups is 1. The Balaban J connectivity index is 2.24. The Morgan fingerprint density at radius 3 is 2.88 bits per heavy atom. The first kappa shape index (κ1) is 13.4. The number of sulfone groups is 1. The average molecular weight is 250 g/mol. The predicted molar refractivity (Wildman–Crippen MR) is 59.9 cm³/mol. The molecule has 94 valence electrons. The Kier molecular flexibility index (Phi) is 5.17. The molecule has 1 unspecified atom stereocenters. The maximum absolute atomic E-state index is 11.5. The summed E-state index contributed by atoms with van der Waals surface area (Å²) in [4.78, 5) is 11.5.